The minimum absolute atomic E-state index is 0.559. The predicted octanol–water partition coefficient (Wildman–Crippen LogP) is 3.05. The number of aromatic nitrogens is 1. The molecular weight excluding hydrogens is 226 g/mol. The third-order valence-corrected chi connectivity index (χ3v) is 3.13. The Kier molecular flexibility index (Phi) is 3.63. The first-order valence-corrected chi connectivity index (χ1v) is 5.90. The summed E-state index contributed by atoms with van der Waals surface area (Å²) >= 11 is 0. The van der Waals surface area contributed by atoms with Gasteiger partial charge in [-0.1, -0.05) is 18.2 Å². The maximum atomic E-state index is 11.0. The van der Waals surface area contributed by atoms with E-state index < -0.39 is 0 Å². The van der Waals surface area contributed by atoms with Crippen LogP contribution in [0.2, 0.25) is 0 Å². The molecule has 0 atom stereocenters. The van der Waals surface area contributed by atoms with E-state index in [1.165, 1.54) is 0 Å². The van der Waals surface area contributed by atoms with Crippen LogP contribution in [-0.2, 0) is 11.3 Å². The Bertz CT molecular complexity index is 570. The number of benzene rings is 1. The Balaban J connectivity index is 2.61. The molecule has 1 heterocycles. The molecule has 0 aliphatic heterocycles. The fourth-order valence-electron chi connectivity index (χ4n) is 2.28. The summed E-state index contributed by atoms with van der Waals surface area (Å²) in [4.78, 5) is 11.0. The third kappa shape index (κ3) is 2.09. The van der Waals surface area contributed by atoms with E-state index in [1.807, 2.05) is 44.2 Å². The normalized spacial score (nSPS) is 10.6. The van der Waals surface area contributed by atoms with Gasteiger partial charge < -0.3 is 9.30 Å². The van der Waals surface area contributed by atoms with Crippen molar-refractivity contribution in [2.24, 2.45) is 0 Å². The first-order valence-electron chi connectivity index (χ1n) is 5.90. The van der Waals surface area contributed by atoms with Gasteiger partial charge in [-0.2, -0.15) is 0 Å². The average Bonchev–Trinajstić information content (AvgIpc) is 2.66. The van der Waals surface area contributed by atoms with Crippen molar-refractivity contribution in [1.29, 1.82) is 0 Å². The van der Waals surface area contributed by atoms with Crippen LogP contribution in [-0.4, -0.2) is 18.0 Å². The number of carbonyl (C=O) groups excluding carboxylic acids is 1. The van der Waals surface area contributed by atoms with E-state index in [4.69, 9.17) is 4.74 Å². The summed E-state index contributed by atoms with van der Waals surface area (Å²) in [6, 6.07) is 9.98. The number of carbonyl (C=O) groups is 1. The summed E-state index contributed by atoms with van der Waals surface area (Å²) in [5, 5.41) is 0. The van der Waals surface area contributed by atoms with Crippen molar-refractivity contribution >= 4 is 6.29 Å². The van der Waals surface area contributed by atoms with E-state index in [9.17, 15) is 4.79 Å². The molecule has 0 aliphatic carbocycles. The first kappa shape index (κ1) is 12.6. The summed E-state index contributed by atoms with van der Waals surface area (Å²) in [5.41, 5.74) is 4.94. The fourth-order valence-corrected chi connectivity index (χ4v) is 2.28. The topological polar surface area (TPSA) is 31.2 Å². The van der Waals surface area contributed by atoms with Gasteiger partial charge in [0.2, 0.25) is 0 Å². The van der Waals surface area contributed by atoms with Gasteiger partial charge in [0.05, 0.1) is 12.3 Å². The van der Waals surface area contributed by atoms with Gasteiger partial charge in [-0.05, 0) is 26.0 Å². The van der Waals surface area contributed by atoms with Crippen LogP contribution in [0.4, 0.5) is 0 Å². The number of methoxy groups -OCH3 is 1. The van der Waals surface area contributed by atoms with Gasteiger partial charge in [0.15, 0.2) is 6.29 Å². The van der Waals surface area contributed by atoms with E-state index in [1.54, 1.807) is 7.11 Å². The highest BCUT2D eigenvalue weighted by atomic mass is 16.5. The second-order valence-electron chi connectivity index (χ2n) is 4.34. The molecule has 1 aromatic heterocycles. The van der Waals surface area contributed by atoms with Crippen molar-refractivity contribution in [3.8, 4) is 5.69 Å². The Hall–Kier alpha value is -1.87. The number of ether oxygens (including phenoxy) is 1. The fraction of sp³-hybridized carbons (Fsp3) is 0.267. The molecule has 0 unspecified atom stereocenters. The summed E-state index contributed by atoms with van der Waals surface area (Å²) in [5.74, 6) is 0. The number of aldehydes is 1. The minimum atomic E-state index is 0.559. The van der Waals surface area contributed by atoms with Crippen molar-refractivity contribution in [3.63, 3.8) is 0 Å². The summed E-state index contributed by atoms with van der Waals surface area (Å²) in [7, 11) is 1.68. The zero-order valence-corrected chi connectivity index (χ0v) is 10.9. The number of nitrogens with zero attached hydrogens (tertiary/aromatic N) is 1. The van der Waals surface area contributed by atoms with Crippen LogP contribution in [0.1, 0.15) is 27.3 Å². The summed E-state index contributed by atoms with van der Waals surface area (Å²) in [6.07, 6.45) is 0.901. The molecule has 2 aromatic rings. The Morgan fingerprint density at radius 3 is 2.61 bits per heavy atom. The van der Waals surface area contributed by atoms with Gasteiger partial charge in [0.25, 0.3) is 0 Å². The number of hydrogen-bond donors (Lipinski definition) is 0. The smallest absolute Gasteiger partial charge is 0.151 e. The number of aryl methyl sites for hydroxylation is 1. The highest BCUT2D eigenvalue weighted by molar-refractivity contribution is 5.77. The number of hydrogen-bond acceptors (Lipinski definition) is 2. The first-order chi connectivity index (χ1) is 8.69. The van der Waals surface area contributed by atoms with Gasteiger partial charge in [0, 0.05) is 29.6 Å². The largest absolute Gasteiger partial charge is 0.380 e. The van der Waals surface area contributed by atoms with Gasteiger partial charge in [-0.3, -0.25) is 4.79 Å². The Labute approximate surface area is 107 Å². The van der Waals surface area contributed by atoms with Crippen LogP contribution in [0.15, 0.2) is 30.3 Å². The van der Waals surface area contributed by atoms with Gasteiger partial charge in [-0.25, -0.2) is 0 Å². The van der Waals surface area contributed by atoms with Gasteiger partial charge in [-0.15, -0.1) is 0 Å². The molecular formula is C15H17NO2. The lowest BCUT2D eigenvalue weighted by Crippen LogP contribution is -2.04. The molecule has 0 N–H and O–H groups in total. The quantitative estimate of drug-likeness (QED) is 0.773. The molecule has 0 saturated carbocycles. The zero-order valence-electron chi connectivity index (χ0n) is 10.9. The van der Waals surface area contributed by atoms with Gasteiger partial charge >= 0.3 is 0 Å². The molecule has 3 heteroatoms. The van der Waals surface area contributed by atoms with E-state index >= 15 is 0 Å². The minimum Gasteiger partial charge on any atom is -0.380 e. The van der Waals surface area contributed by atoms with Crippen LogP contribution in [0.25, 0.3) is 5.69 Å². The standard InChI is InChI=1S/C15H17NO2/c1-11-8-14(9-17)12(2)16(11)15-7-5-4-6-13(15)10-18-3/h4-9H,10H2,1-3H3. The summed E-state index contributed by atoms with van der Waals surface area (Å²) in [6.45, 7) is 4.52. The lowest BCUT2D eigenvalue weighted by atomic mass is 10.1. The Morgan fingerprint density at radius 2 is 2.00 bits per heavy atom. The maximum absolute atomic E-state index is 11.0. The predicted molar refractivity (Wildman–Crippen MR) is 71.3 cm³/mol. The Morgan fingerprint density at radius 1 is 1.28 bits per heavy atom. The summed E-state index contributed by atoms with van der Waals surface area (Å²) < 4.78 is 7.32. The van der Waals surface area contributed by atoms with Crippen molar-refractivity contribution in [1.82, 2.24) is 4.57 Å². The van der Waals surface area contributed by atoms with Crippen molar-refractivity contribution in [2.45, 2.75) is 20.5 Å². The van der Waals surface area contributed by atoms with Crippen LogP contribution >= 0.6 is 0 Å². The second kappa shape index (κ2) is 5.19. The zero-order chi connectivity index (χ0) is 13.1. The molecule has 0 fully saturated rings. The number of para-hydroxylation sites is 1. The van der Waals surface area contributed by atoms with E-state index in [0.29, 0.717) is 6.61 Å². The highest BCUT2D eigenvalue weighted by Gasteiger charge is 2.12. The highest BCUT2D eigenvalue weighted by Crippen LogP contribution is 2.23. The molecule has 0 saturated heterocycles. The average molecular weight is 243 g/mol. The van der Waals surface area contributed by atoms with E-state index in [2.05, 4.69) is 4.57 Å². The van der Waals surface area contributed by atoms with E-state index in [-0.39, 0.29) is 0 Å². The molecule has 0 aliphatic rings. The lowest BCUT2D eigenvalue weighted by molar-refractivity contribution is 0.112. The molecule has 2 rings (SSSR count). The molecule has 0 radical (unpaired) electrons. The van der Waals surface area contributed by atoms with Crippen molar-refractivity contribution < 1.29 is 9.53 Å². The third-order valence-electron chi connectivity index (χ3n) is 3.13. The molecule has 3 nitrogen and oxygen atoms in total. The van der Waals surface area contributed by atoms with E-state index in [0.717, 1.165) is 34.5 Å². The van der Waals surface area contributed by atoms with Crippen LogP contribution in [0, 0.1) is 13.8 Å². The maximum Gasteiger partial charge on any atom is 0.151 e. The monoisotopic (exact) mass is 243 g/mol. The molecule has 18 heavy (non-hydrogen) atoms. The molecule has 0 bridgehead atoms. The molecule has 0 amide bonds. The lowest BCUT2D eigenvalue weighted by Gasteiger charge is -2.14. The van der Waals surface area contributed by atoms with Crippen LogP contribution in [0.3, 0.4) is 0 Å². The van der Waals surface area contributed by atoms with Crippen LogP contribution in [0.5, 0.6) is 0 Å². The molecule has 94 valence electrons. The number of rotatable bonds is 4. The molecule has 1 aromatic carbocycles. The SMILES string of the molecule is COCc1ccccc1-n1c(C)cc(C=O)c1C. The van der Waals surface area contributed by atoms with Crippen molar-refractivity contribution in [2.75, 3.05) is 7.11 Å². The van der Waals surface area contributed by atoms with Gasteiger partial charge in [0.1, 0.15) is 0 Å². The van der Waals surface area contributed by atoms with Crippen molar-refractivity contribution in [3.05, 3.63) is 52.8 Å². The van der Waals surface area contributed by atoms with Crippen LogP contribution < -0.4 is 0 Å². The molecule has 0 spiro atoms. The second-order valence-corrected chi connectivity index (χ2v) is 4.34.